The third-order valence-corrected chi connectivity index (χ3v) is 8.71. The molecule has 3 atom stereocenters. The van der Waals surface area contributed by atoms with Crippen LogP contribution in [0.5, 0.6) is 5.75 Å². The zero-order valence-electron chi connectivity index (χ0n) is 20.6. The predicted octanol–water partition coefficient (Wildman–Crippen LogP) is 4.29. The van der Waals surface area contributed by atoms with E-state index in [1.165, 1.54) is 7.11 Å². The topological polar surface area (TPSA) is 83.7 Å². The quantitative estimate of drug-likeness (QED) is 0.661. The summed E-state index contributed by atoms with van der Waals surface area (Å²) < 4.78 is 11.2. The summed E-state index contributed by atoms with van der Waals surface area (Å²) in [5, 5.41) is 4.14. The van der Waals surface area contributed by atoms with Crippen LogP contribution in [0.4, 0.5) is 4.79 Å². The summed E-state index contributed by atoms with van der Waals surface area (Å²) in [6, 6.07) is 4.35. The van der Waals surface area contributed by atoms with Gasteiger partial charge in [0.25, 0.3) is 0 Å². The molecule has 7 nitrogen and oxygen atoms in total. The summed E-state index contributed by atoms with van der Waals surface area (Å²) in [4.78, 5) is 32.5. The van der Waals surface area contributed by atoms with Gasteiger partial charge in [0.1, 0.15) is 16.9 Å². The SMILES string of the molecule is COC(=O)N[C@@]12Cc3c([nH]c4c5c(ccc34)OC(C)(C)C=C5)C(C)(C)[C@@H]1C[C@H]1CCCN1C2=O. The van der Waals surface area contributed by atoms with E-state index in [9.17, 15) is 9.59 Å². The number of carbonyl (C=O) groups excluding carboxylic acids is 2. The molecule has 2 amide bonds. The Hall–Kier alpha value is -2.96. The number of H-pyrrole nitrogens is 1. The van der Waals surface area contributed by atoms with Crippen molar-refractivity contribution in [2.24, 2.45) is 5.92 Å². The number of piperidine rings is 1. The van der Waals surface area contributed by atoms with Crippen molar-refractivity contribution in [3.05, 3.63) is 35.0 Å². The summed E-state index contributed by atoms with van der Waals surface area (Å²) in [5.74, 6) is 0.841. The van der Waals surface area contributed by atoms with Crippen LogP contribution in [0.1, 0.15) is 63.8 Å². The lowest BCUT2D eigenvalue weighted by molar-refractivity contribution is -0.150. The first-order chi connectivity index (χ1) is 16.1. The van der Waals surface area contributed by atoms with Gasteiger partial charge in [-0.15, -0.1) is 0 Å². The van der Waals surface area contributed by atoms with Crippen LogP contribution in [0, 0.1) is 5.92 Å². The summed E-state index contributed by atoms with van der Waals surface area (Å²) in [5.41, 5.74) is 2.58. The molecule has 0 saturated carbocycles. The zero-order valence-corrected chi connectivity index (χ0v) is 20.6. The lowest BCUT2D eigenvalue weighted by Crippen LogP contribution is -2.73. The van der Waals surface area contributed by atoms with Crippen LogP contribution in [-0.4, -0.2) is 52.7 Å². The maximum absolute atomic E-state index is 14.1. The van der Waals surface area contributed by atoms with E-state index in [4.69, 9.17) is 9.47 Å². The fraction of sp³-hybridized carbons (Fsp3) is 0.556. The molecule has 1 aromatic heterocycles. The Morgan fingerprint density at radius 2 is 2.06 bits per heavy atom. The van der Waals surface area contributed by atoms with Gasteiger partial charge in [-0.1, -0.05) is 13.8 Å². The van der Waals surface area contributed by atoms with Gasteiger partial charge >= 0.3 is 6.09 Å². The Bertz CT molecular complexity index is 1260. The van der Waals surface area contributed by atoms with E-state index in [-0.39, 0.29) is 28.9 Å². The highest BCUT2D eigenvalue weighted by Crippen LogP contribution is 2.54. The average molecular weight is 464 g/mol. The van der Waals surface area contributed by atoms with E-state index in [1.54, 1.807) is 0 Å². The van der Waals surface area contributed by atoms with Crippen LogP contribution in [-0.2, 0) is 21.4 Å². The van der Waals surface area contributed by atoms with E-state index < -0.39 is 11.6 Å². The number of hydrogen-bond acceptors (Lipinski definition) is 4. The number of hydrogen-bond donors (Lipinski definition) is 2. The summed E-state index contributed by atoms with van der Waals surface area (Å²) >= 11 is 0. The average Bonchev–Trinajstić information content (AvgIpc) is 3.40. The molecular formula is C27H33N3O4. The number of methoxy groups -OCH3 is 1. The highest BCUT2D eigenvalue weighted by Gasteiger charge is 2.63. The number of rotatable bonds is 1. The van der Waals surface area contributed by atoms with Crippen molar-refractivity contribution in [1.29, 1.82) is 0 Å². The van der Waals surface area contributed by atoms with Gasteiger partial charge in [0, 0.05) is 47.0 Å². The van der Waals surface area contributed by atoms with Gasteiger partial charge in [0.05, 0.1) is 12.6 Å². The highest BCUT2D eigenvalue weighted by molar-refractivity contribution is 5.98. The predicted molar refractivity (Wildman–Crippen MR) is 130 cm³/mol. The van der Waals surface area contributed by atoms with Crippen LogP contribution in [0.15, 0.2) is 18.2 Å². The van der Waals surface area contributed by atoms with Crippen LogP contribution >= 0.6 is 0 Å². The van der Waals surface area contributed by atoms with E-state index in [0.717, 1.165) is 59.3 Å². The highest BCUT2D eigenvalue weighted by atomic mass is 16.5. The standard InChI is InChI=1S/C27H33N3O4/c1-25(2)11-10-17-19(34-25)9-8-16-18-14-27(29-24(32)33-5)20(26(3,4)22(18)28-21(16)17)13-15-7-6-12-30(15)23(27)31/h8-11,15,20,28H,6-7,12-14H2,1-5H3,(H,29,32)/t15-,20+,27+/m1/s1. The Morgan fingerprint density at radius 3 is 2.82 bits per heavy atom. The lowest BCUT2D eigenvalue weighted by Gasteiger charge is -2.56. The molecule has 3 aliphatic heterocycles. The summed E-state index contributed by atoms with van der Waals surface area (Å²) in [6.07, 6.45) is 7.02. The molecule has 0 unspecified atom stereocenters. The molecule has 4 aliphatic rings. The van der Waals surface area contributed by atoms with Crippen molar-refractivity contribution in [2.45, 2.75) is 76.0 Å². The molecule has 2 fully saturated rings. The van der Waals surface area contributed by atoms with Crippen LogP contribution in [0.3, 0.4) is 0 Å². The van der Waals surface area contributed by atoms with Crippen LogP contribution in [0.25, 0.3) is 17.0 Å². The van der Waals surface area contributed by atoms with Gasteiger partial charge in [0.2, 0.25) is 5.91 Å². The number of fused-ring (bicyclic) bond motifs is 7. The van der Waals surface area contributed by atoms with Crippen molar-refractivity contribution in [1.82, 2.24) is 15.2 Å². The van der Waals surface area contributed by atoms with Gasteiger partial charge in [0.15, 0.2) is 0 Å². The van der Waals surface area contributed by atoms with Crippen LogP contribution in [0.2, 0.25) is 0 Å². The molecule has 1 aromatic carbocycles. The van der Waals surface area contributed by atoms with E-state index >= 15 is 0 Å². The van der Waals surface area contributed by atoms with Gasteiger partial charge in [-0.3, -0.25) is 4.79 Å². The van der Waals surface area contributed by atoms with Gasteiger partial charge < -0.3 is 24.7 Å². The minimum absolute atomic E-state index is 0.0349. The Kier molecular flexibility index (Phi) is 4.31. The number of benzene rings is 1. The Morgan fingerprint density at radius 1 is 1.26 bits per heavy atom. The normalized spacial score (nSPS) is 30.1. The number of carbonyl (C=O) groups is 2. The van der Waals surface area contributed by atoms with Crippen molar-refractivity contribution >= 4 is 29.0 Å². The van der Waals surface area contributed by atoms with Crippen molar-refractivity contribution in [3.63, 3.8) is 0 Å². The molecule has 6 rings (SSSR count). The summed E-state index contributed by atoms with van der Waals surface area (Å²) in [7, 11) is 1.36. The molecule has 7 heteroatoms. The largest absolute Gasteiger partial charge is 0.483 e. The second kappa shape index (κ2) is 6.80. The van der Waals surface area contributed by atoms with Gasteiger partial charge in [-0.05, 0) is 63.0 Å². The molecule has 2 aromatic rings. The number of amides is 2. The first kappa shape index (κ1) is 21.6. The second-order valence-electron chi connectivity index (χ2n) is 11.5. The van der Waals surface area contributed by atoms with Gasteiger partial charge in [-0.2, -0.15) is 0 Å². The first-order valence-electron chi connectivity index (χ1n) is 12.3. The number of nitrogens with zero attached hydrogens (tertiary/aromatic N) is 1. The van der Waals surface area contributed by atoms with E-state index in [0.29, 0.717) is 6.42 Å². The summed E-state index contributed by atoms with van der Waals surface area (Å²) in [6.45, 7) is 9.26. The molecular weight excluding hydrogens is 430 g/mol. The fourth-order valence-electron chi connectivity index (χ4n) is 7.12. The second-order valence-corrected chi connectivity index (χ2v) is 11.5. The van der Waals surface area contributed by atoms with E-state index in [1.807, 2.05) is 24.8 Å². The number of aromatic amines is 1. The minimum Gasteiger partial charge on any atom is -0.483 e. The molecule has 1 aliphatic carbocycles. The van der Waals surface area contributed by atoms with Crippen molar-refractivity contribution < 1.29 is 19.1 Å². The molecule has 0 bridgehead atoms. The van der Waals surface area contributed by atoms with Crippen molar-refractivity contribution in [2.75, 3.05) is 13.7 Å². The number of aromatic nitrogens is 1. The Labute approximate surface area is 199 Å². The molecule has 0 radical (unpaired) electrons. The van der Waals surface area contributed by atoms with Gasteiger partial charge in [-0.25, -0.2) is 4.79 Å². The van der Waals surface area contributed by atoms with Crippen molar-refractivity contribution in [3.8, 4) is 5.75 Å². The molecule has 180 valence electrons. The third kappa shape index (κ3) is 2.75. The molecule has 2 N–H and O–H groups in total. The third-order valence-electron chi connectivity index (χ3n) is 8.71. The number of ether oxygens (including phenoxy) is 2. The maximum atomic E-state index is 14.1. The smallest absolute Gasteiger partial charge is 0.407 e. The molecule has 2 saturated heterocycles. The monoisotopic (exact) mass is 463 g/mol. The van der Waals surface area contributed by atoms with Crippen LogP contribution < -0.4 is 10.1 Å². The minimum atomic E-state index is -1.02. The number of alkyl carbamates (subject to hydrolysis) is 1. The number of nitrogens with one attached hydrogen (secondary N) is 2. The fourth-order valence-corrected chi connectivity index (χ4v) is 7.12. The molecule has 0 spiro atoms. The maximum Gasteiger partial charge on any atom is 0.407 e. The Balaban J connectivity index is 1.56. The zero-order chi connectivity index (χ0) is 24.0. The molecule has 4 heterocycles. The van der Waals surface area contributed by atoms with E-state index in [2.05, 4.69) is 42.4 Å². The first-order valence-corrected chi connectivity index (χ1v) is 12.3. The lowest BCUT2D eigenvalue weighted by atomic mass is 9.55. The molecule has 34 heavy (non-hydrogen) atoms.